The van der Waals surface area contributed by atoms with Crippen LogP contribution in [0.3, 0.4) is 0 Å². The Morgan fingerprint density at radius 2 is 2.18 bits per heavy atom. The van der Waals surface area contributed by atoms with Crippen LogP contribution in [0.1, 0.15) is 26.6 Å². The van der Waals surface area contributed by atoms with E-state index in [2.05, 4.69) is 35.6 Å². The van der Waals surface area contributed by atoms with Gasteiger partial charge in [0.15, 0.2) is 0 Å². The molecule has 4 nitrogen and oxygen atoms in total. The minimum atomic E-state index is -0.0833. The van der Waals surface area contributed by atoms with Crippen LogP contribution < -0.4 is 4.90 Å². The van der Waals surface area contributed by atoms with E-state index in [0.29, 0.717) is 17.3 Å². The van der Waals surface area contributed by atoms with Crippen molar-refractivity contribution in [2.24, 2.45) is 0 Å². The van der Waals surface area contributed by atoms with Crippen LogP contribution in [0, 0.1) is 0 Å². The van der Waals surface area contributed by atoms with Gasteiger partial charge in [0, 0.05) is 18.0 Å². The molecule has 2 atom stereocenters. The van der Waals surface area contributed by atoms with E-state index in [-0.39, 0.29) is 5.41 Å². The fourth-order valence-electron chi connectivity index (χ4n) is 2.13. The van der Waals surface area contributed by atoms with Gasteiger partial charge in [0.25, 0.3) is 0 Å². The highest BCUT2D eigenvalue weighted by atomic mass is 35.5. The van der Waals surface area contributed by atoms with E-state index >= 15 is 0 Å². The minimum Gasteiger partial charge on any atom is -0.372 e. The van der Waals surface area contributed by atoms with Gasteiger partial charge in [0.1, 0.15) is 16.8 Å². The van der Waals surface area contributed by atoms with Crippen molar-refractivity contribution in [1.82, 2.24) is 9.97 Å². The van der Waals surface area contributed by atoms with E-state index in [1.807, 2.05) is 6.07 Å². The molecule has 17 heavy (non-hydrogen) atoms. The molecule has 92 valence electrons. The molecule has 0 aromatic carbocycles. The van der Waals surface area contributed by atoms with Crippen LogP contribution in [0.15, 0.2) is 6.07 Å². The zero-order valence-electron chi connectivity index (χ0n) is 10.3. The van der Waals surface area contributed by atoms with Crippen LogP contribution in [-0.4, -0.2) is 35.3 Å². The summed E-state index contributed by atoms with van der Waals surface area (Å²) in [5.74, 6) is 1.73. The predicted octanol–water partition coefficient (Wildman–Crippen LogP) is 2.01. The van der Waals surface area contributed by atoms with Crippen molar-refractivity contribution < 1.29 is 4.74 Å². The van der Waals surface area contributed by atoms with Gasteiger partial charge in [-0.1, -0.05) is 32.4 Å². The first-order valence-corrected chi connectivity index (χ1v) is 6.26. The van der Waals surface area contributed by atoms with Gasteiger partial charge in [0.2, 0.25) is 0 Å². The highest BCUT2D eigenvalue weighted by Crippen LogP contribution is 2.35. The van der Waals surface area contributed by atoms with E-state index < -0.39 is 0 Å². The summed E-state index contributed by atoms with van der Waals surface area (Å²) in [6.07, 6.45) is 0.404. The molecule has 2 fully saturated rings. The van der Waals surface area contributed by atoms with Gasteiger partial charge >= 0.3 is 0 Å². The lowest BCUT2D eigenvalue weighted by atomic mass is 9.94. The molecular formula is C12H16ClN3O. The summed E-state index contributed by atoms with van der Waals surface area (Å²) in [4.78, 5) is 11.2. The van der Waals surface area contributed by atoms with Crippen molar-refractivity contribution in [3.8, 4) is 0 Å². The molecule has 0 radical (unpaired) electrons. The summed E-state index contributed by atoms with van der Waals surface area (Å²) >= 11 is 6.07. The molecule has 2 aliphatic heterocycles. The zero-order chi connectivity index (χ0) is 12.2. The summed E-state index contributed by atoms with van der Waals surface area (Å²) < 4.78 is 5.39. The van der Waals surface area contributed by atoms with E-state index in [4.69, 9.17) is 16.3 Å². The second kappa shape index (κ2) is 3.56. The highest BCUT2D eigenvalue weighted by molar-refractivity contribution is 6.29. The van der Waals surface area contributed by atoms with E-state index in [0.717, 1.165) is 24.8 Å². The van der Waals surface area contributed by atoms with Crippen LogP contribution >= 0.6 is 11.6 Å². The lowest BCUT2D eigenvalue weighted by Gasteiger charge is -2.55. The molecule has 0 amide bonds. The molecule has 1 aromatic rings. The largest absolute Gasteiger partial charge is 0.372 e. The first-order chi connectivity index (χ1) is 7.95. The zero-order valence-corrected chi connectivity index (χ0v) is 11.0. The van der Waals surface area contributed by atoms with Crippen molar-refractivity contribution in [2.75, 3.05) is 18.1 Å². The molecular weight excluding hydrogens is 238 g/mol. The topological polar surface area (TPSA) is 38.2 Å². The van der Waals surface area contributed by atoms with Gasteiger partial charge in [-0.15, -0.1) is 0 Å². The Kier molecular flexibility index (Phi) is 2.35. The van der Waals surface area contributed by atoms with Gasteiger partial charge in [-0.3, -0.25) is 0 Å². The predicted molar refractivity (Wildman–Crippen MR) is 66.6 cm³/mol. The summed E-state index contributed by atoms with van der Waals surface area (Å²) in [7, 11) is 0. The molecule has 0 saturated carbocycles. The molecule has 3 heterocycles. The summed E-state index contributed by atoms with van der Waals surface area (Å²) in [5.41, 5.74) is -0.0833. The van der Waals surface area contributed by atoms with Crippen molar-refractivity contribution in [2.45, 2.75) is 38.3 Å². The van der Waals surface area contributed by atoms with Crippen LogP contribution in [-0.2, 0) is 10.2 Å². The average molecular weight is 254 g/mol. The number of fused-ring (bicyclic) bond motifs is 1. The van der Waals surface area contributed by atoms with Crippen molar-refractivity contribution in [3.63, 3.8) is 0 Å². The Hall–Kier alpha value is -0.870. The molecule has 2 aliphatic rings. The second-order valence-corrected chi connectivity index (χ2v) is 6.10. The Morgan fingerprint density at radius 1 is 1.41 bits per heavy atom. The molecule has 0 spiro atoms. The van der Waals surface area contributed by atoms with Gasteiger partial charge in [-0.05, 0) is 0 Å². The molecule has 1 unspecified atom stereocenters. The van der Waals surface area contributed by atoms with Crippen LogP contribution in [0.2, 0.25) is 5.15 Å². The fourth-order valence-corrected chi connectivity index (χ4v) is 2.30. The van der Waals surface area contributed by atoms with Gasteiger partial charge < -0.3 is 9.64 Å². The number of rotatable bonds is 1. The Morgan fingerprint density at radius 3 is 2.65 bits per heavy atom. The fraction of sp³-hybridized carbons (Fsp3) is 0.667. The first kappa shape index (κ1) is 11.2. The van der Waals surface area contributed by atoms with Gasteiger partial charge in [-0.2, -0.15) is 0 Å². The molecule has 2 saturated heterocycles. The minimum absolute atomic E-state index is 0.0833. The van der Waals surface area contributed by atoms with Crippen molar-refractivity contribution in [3.05, 3.63) is 17.0 Å². The van der Waals surface area contributed by atoms with Crippen molar-refractivity contribution >= 4 is 17.4 Å². The Bertz CT molecular complexity index is 458. The quantitative estimate of drug-likeness (QED) is 0.718. The first-order valence-electron chi connectivity index (χ1n) is 5.88. The van der Waals surface area contributed by atoms with E-state index in [9.17, 15) is 0 Å². The second-order valence-electron chi connectivity index (χ2n) is 5.71. The maximum atomic E-state index is 6.07. The maximum Gasteiger partial charge on any atom is 0.137 e. The normalized spacial score (nSPS) is 27.2. The average Bonchev–Trinajstić information content (AvgIpc) is 2.20. The lowest BCUT2D eigenvalue weighted by Crippen LogP contribution is -2.71. The van der Waals surface area contributed by atoms with Crippen LogP contribution in [0.4, 0.5) is 5.82 Å². The molecule has 3 rings (SSSR count). The number of morpholine rings is 1. The monoisotopic (exact) mass is 253 g/mol. The SMILES string of the molecule is CC(C)(C)c1nc(Cl)cc(N2CC3OC[C@H]32)n1. The third kappa shape index (κ3) is 1.79. The van der Waals surface area contributed by atoms with Gasteiger partial charge in [-0.25, -0.2) is 9.97 Å². The smallest absolute Gasteiger partial charge is 0.137 e. The third-order valence-electron chi connectivity index (χ3n) is 3.33. The van der Waals surface area contributed by atoms with Crippen LogP contribution in [0.5, 0.6) is 0 Å². The number of aromatic nitrogens is 2. The van der Waals surface area contributed by atoms with E-state index in [1.165, 1.54) is 0 Å². The molecule has 0 aliphatic carbocycles. The summed E-state index contributed by atoms with van der Waals surface area (Å²) in [5, 5.41) is 0.517. The number of nitrogens with zero attached hydrogens (tertiary/aromatic N) is 3. The number of halogens is 1. The highest BCUT2D eigenvalue weighted by Gasteiger charge is 2.48. The summed E-state index contributed by atoms with van der Waals surface area (Å²) in [6, 6.07) is 2.33. The Labute approximate surface area is 106 Å². The molecule has 1 aromatic heterocycles. The lowest BCUT2D eigenvalue weighted by molar-refractivity contribution is -0.113. The number of hydrogen-bond donors (Lipinski definition) is 0. The van der Waals surface area contributed by atoms with Gasteiger partial charge in [0.05, 0.1) is 18.8 Å². The molecule has 0 bridgehead atoms. The summed E-state index contributed by atoms with van der Waals surface area (Å²) in [6.45, 7) is 7.99. The number of anilines is 1. The molecule has 5 heteroatoms. The van der Waals surface area contributed by atoms with Crippen molar-refractivity contribution in [1.29, 1.82) is 0 Å². The Balaban J connectivity index is 1.92. The maximum absolute atomic E-state index is 6.07. The number of hydrogen-bond acceptors (Lipinski definition) is 4. The van der Waals surface area contributed by atoms with E-state index in [1.54, 1.807) is 0 Å². The third-order valence-corrected chi connectivity index (χ3v) is 3.53. The van der Waals surface area contributed by atoms with Crippen LogP contribution in [0.25, 0.3) is 0 Å². The molecule has 0 N–H and O–H groups in total. The standard InChI is InChI=1S/C12H16ClN3O/c1-12(2,3)11-14-9(13)4-10(15-11)16-5-8-7(16)6-17-8/h4,7-8H,5-6H2,1-3H3/t7-,8?/m1/s1. The number of ether oxygens (including phenoxy) is 1.